The summed E-state index contributed by atoms with van der Waals surface area (Å²) in [5.41, 5.74) is 5.03. The molecule has 1 unspecified atom stereocenters. The Labute approximate surface area is 210 Å². The van der Waals surface area contributed by atoms with E-state index in [4.69, 9.17) is 40.9 Å². The van der Waals surface area contributed by atoms with Crippen LogP contribution in [0, 0.1) is 12.7 Å². The molecular weight excluding hydrogens is 465 g/mol. The molecule has 0 saturated heterocycles. The maximum absolute atomic E-state index is 15.6. The Balaban J connectivity index is 1.61. The average molecular weight is 483 g/mol. The summed E-state index contributed by atoms with van der Waals surface area (Å²) in [6.45, 7) is 1.58. The fourth-order valence-electron chi connectivity index (χ4n) is 3.85. The number of hydrogen-bond donors (Lipinski definition) is 3. The van der Waals surface area contributed by atoms with Gasteiger partial charge in [0.15, 0.2) is 5.65 Å². The van der Waals surface area contributed by atoms with Gasteiger partial charge in [-0.25, -0.2) is 8.91 Å². The van der Waals surface area contributed by atoms with Gasteiger partial charge in [0.1, 0.15) is 13.7 Å². The molecule has 35 heavy (non-hydrogen) atoms. The first-order chi connectivity index (χ1) is 16.4. The number of nitrogens with two attached hydrogens (primary N) is 1. The van der Waals surface area contributed by atoms with Crippen molar-refractivity contribution in [3.05, 3.63) is 82.3 Å². The van der Waals surface area contributed by atoms with E-state index in [1.807, 2.05) is 0 Å². The molecule has 0 aliphatic rings. The number of carbonyl (C=O) groups is 1. The Bertz CT molecular complexity index is 1430. The summed E-state index contributed by atoms with van der Waals surface area (Å²) >= 11 is 5.87. The first-order valence-electron chi connectivity index (χ1n) is 10.5. The summed E-state index contributed by atoms with van der Waals surface area (Å²) in [4.78, 5) is 17.1. The van der Waals surface area contributed by atoms with Crippen molar-refractivity contribution in [2.45, 2.75) is 24.2 Å². The van der Waals surface area contributed by atoms with Crippen LogP contribution in [-0.2, 0) is 5.50 Å². The lowest BCUT2D eigenvalue weighted by molar-refractivity contribution is 0.0872. The number of fused-ring (bicyclic) bond motifs is 1. The van der Waals surface area contributed by atoms with Crippen molar-refractivity contribution in [1.29, 1.82) is 0 Å². The zero-order valence-corrected chi connectivity index (χ0v) is 19.4. The zero-order chi connectivity index (χ0) is 25.5. The molecule has 2 heterocycles. The third-order valence-electron chi connectivity index (χ3n) is 5.49. The van der Waals surface area contributed by atoms with Crippen molar-refractivity contribution < 1.29 is 14.3 Å². The number of hydrogen-bond acceptors (Lipinski definition) is 5. The number of anilines is 1. The van der Waals surface area contributed by atoms with Gasteiger partial charge in [-0.15, -0.1) is 5.10 Å². The van der Waals surface area contributed by atoms with Gasteiger partial charge in [-0.05, 0) is 59.6 Å². The molecule has 4 aromatic rings. The normalized spacial score (nSPS) is 13.5. The summed E-state index contributed by atoms with van der Waals surface area (Å²) in [7, 11) is 18.1. The van der Waals surface area contributed by atoms with E-state index >= 15 is 4.39 Å². The van der Waals surface area contributed by atoms with Gasteiger partial charge < -0.3 is 16.2 Å². The molecule has 0 aliphatic heterocycles. The number of pyridine rings is 1. The van der Waals surface area contributed by atoms with E-state index < -0.39 is 29.0 Å². The second-order valence-corrected chi connectivity index (χ2v) is 8.85. The SMILES string of the molecule is [B]C([B])(CC([B])(O)c1ccc(Cl)cc1)NC(=O)c1c(C)ccc(-c2ccn3nc(N)nc3c2)c1F. The van der Waals surface area contributed by atoms with Crippen LogP contribution in [0.3, 0.4) is 0 Å². The zero-order valence-electron chi connectivity index (χ0n) is 18.7. The van der Waals surface area contributed by atoms with Crippen LogP contribution in [-0.4, -0.2) is 54.5 Å². The van der Waals surface area contributed by atoms with Gasteiger partial charge in [-0.1, -0.05) is 35.9 Å². The molecule has 0 saturated carbocycles. The first kappa shape index (κ1) is 24.8. The molecule has 0 bridgehead atoms. The Morgan fingerprint density at radius 3 is 2.57 bits per heavy atom. The molecular formula is C23H18B3ClFN5O2. The molecule has 6 radical (unpaired) electrons. The molecule has 0 aliphatic carbocycles. The van der Waals surface area contributed by atoms with E-state index in [-0.39, 0.29) is 22.6 Å². The van der Waals surface area contributed by atoms with E-state index in [1.165, 1.54) is 28.8 Å². The van der Waals surface area contributed by atoms with E-state index in [0.717, 1.165) is 0 Å². The highest BCUT2D eigenvalue weighted by Crippen LogP contribution is 2.30. The highest BCUT2D eigenvalue weighted by Gasteiger charge is 2.33. The van der Waals surface area contributed by atoms with Gasteiger partial charge in [-0.3, -0.25) is 4.79 Å². The van der Waals surface area contributed by atoms with Crippen LogP contribution >= 0.6 is 11.6 Å². The molecule has 2 aromatic carbocycles. The van der Waals surface area contributed by atoms with Crippen molar-refractivity contribution >= 4 is 52.6 Å². The number of nitrogen functional groups attached to an aromatic ring is 1. The molecule has 4 N–H and O–H groups in total. The topological polar surface area (TPSA) is 106 Å². The summed E-state index contributed by atoms with van der Waals surface area (Å²) in [5, 5.41) is 15.5. The fourth-order valence-corrected chi connectivity index (χ4v) is 3.97. The lowest BCUT2D eigenvalue weighted by Crippen LogP contribution is -2.54. The molecule has 1 atom stereocenters. The van der Waals surface area contributed by atoms with E-state index in [2.05, 4.69) is 15.4 Å². The quantitative estimate of drug-likeness (QED) is 0.365. The molecule has 4 rings (SSSR count). The second kappa shape index (κ2) is 9.05. The lowest BCUT2D eigenvalue weighted by atomic mass is 9.53. The van der Waals surface area contributed by atoms with Crippen molar-refractivity contribution in [2.24, 2.45) is 0 Å². The fraction of sp³-hybridized carbons (Fsp3) is 0.174. The Hall–Kier alpha value is -3.30. The van der Waals surface area contributed by atoms with Crippen LogP contribution in [0.2, 0.25) is 5.02 Å². The van der Waals surface area contributed by atoms with E-state index in [0.29, 0.717) is 21.8 Å². The highest BCUT2D eigenvalue weighted by molar-refractivity contribution is 6.41. The number of nitrogens with zero attached hydrogens (tertiary/aromatic N) is 3. The molecule has 2 aromatic heterocycles. The monoisotopic (exact) mass is 483 g/mol. The number of aliphatic hydroxyl groups is 1. The minimum Gasteiger partial charge on any atom is -0.395 e. The van der Waals surface area contributed by atoms with Crippen molar-refractivity contribution in [1.82, 2.24) is 19.9 Å². The van der Waals surface area contributed by atoms with Gasteiger partial charge in [0, 0.05) is 22.3 Å². The number of carbonyl (C=O) groups excluding carboxylic acids is 1. The van der Waals surface area contributed by atoms with E-state index in [9.17, 15) is 9.90 Å². The molecule has 7 nitrogen and oxygen atoms in total. The number of halogens is 2. The number of rotatable bonds is 6. The van der Waals surface area contributed by atoms with Crippen LogP contribution in [0.4, 0.5) is 10.3 Å². The minimum atomic E-state index is -1.99. The molecule has 0 fully saturated rings. The van der Waals surface area contributed by atoms with Gasteiger partial charge in [0.05, 0.1) is 21.3 Å². The number of amides is 1. The lowest BCUT2D eigenvalue weighted by Gasteiger charge is -2.36. The second-order valence-electron chi connectivity index (χ2n) is 8.41. The highest BCUT2D eigenvalue weighted by atomic mass is 35.5. The molecule has 1 amide bonds. The van der Waals surface area contributed by atoms with Gasteiger partial charge in [0.2, 0.25) is 5.95 Å². The minimum absolute atomic E-state index is 0.0762. The smallest absolute Gasteiger partial charge is 0.253 e. The maximum Gasteiger partial charge on any atom is 0.253 e. The molecule has 12 heteroatoms. The molecule has 0 spiro atoms. The number of aromatic nitrogens is 3. The maximum atomic E-state index is 15.6. The number of benzene rings is 2. The summed E-state index contributed by atoms with van der Waals surface area (Å²) in [6, 6.07) is 12.4. The van der Waals surface area contributed by atoms with Crippen LogP contribution in [0.5, 0.6) is 0 Å². The van der Waals surface area contributed by atoms with Crippen LogP contribution in [0.15, 0.2) is 54.7 Å². The summed E-state index contributed by atoms with van der Waals surface area (Å²) in [6.07, 6.45) is 1.11. The van der Waals surface area contributed by atoms with Crippen molar-refractivity contribution in [3.63, 3.8) is 0 Å². The number of nitrogens with one attached hydrogen (secondary N) is 1. The van der Waals surface area contributed by atoms with Crippen LogP contribution in [0.25, 0.3) is 16.8 Å². The van der Waals surface area contributed by atoms with Crippen LogP contribution < -0.4 is 11.1 Å². The third kappa shape index (κ3) is 5.21. The van der Waals surface area contributed by atoms with Crippen molar-refractivity contribution in [2.75, 3.05) is 5.73 Å². The predicted octanol–water partition coefficient (Wildman–Crippen LogP) is 2.20. The third-order valence-corrected chi connectivity index (χ3v) is 5.75. The summed E-state index contributed by atoms with van der Waals surface area (Å²) in [5.74, 6) is -1.57. The van der Waals surface area contributed by atoms with Gasteiger partial charge >= 0.3 is 0 Å². The van der Waals surface area contributed by atoms with Gasteiger partial charge in [-0.2, -0.15) is 4.98 Å². The molecule has 170 valence electrons. The Morgan fingerprint density at radius 2 is 1.89 bits per heavy atom. The number of aryl methyl sites for hydroxylation is 1. The van der Waals surface area contributed by atoms with Crippen LogP contribution in [0.1, 0.15) is 27.9 Å². The Morgan fingerprint density at radius 1 is 1.20 bits per heavy atom. The summed E-state index contributed by atoms with van der Waals surface area (Å²) < 4.78 is 17.0. The largest absolute Gasteiger partial charge is 0.395 e. The van der Waals surface area contributed by atoms with Gasteiger partial charge in [0.25, 0.3) is 5.91 Å². The first-order valence-corrected chi connectivity index (χ1v) is 10.8. The van der Waals surface area contributed by atoms with Crippen molar-refractivity contribution in [3.8, 4) is 11.1 Å². The Kier molecular flexibility index (Phi) is 6.42. The standard InChI is InChI=1S/C23H18B3ClFN5O2/c1-12-2-7-16(13-8-9-33-17(10-13)30-21(29)32-33)19(28)18(12)20(34)31-23(25,26)11-22(24,35)14-3-5-15(27)6-4-14/h2-10,35H,11H2,1H3,(H2,29,32)(H,31,34). The predicted molar refractivity (Wildman–Crippen MR) is 135 cm³/mol. The average Bonchev–Trinajstić information content (AvgIpc) is 3.12. The van der Waals surface area contributed by atoms with E-state index in [1.54, 1.807) is 37.4 Å².